The Labute approximate surface area is 237 Å². The van der Waals surface area contributed by atoms with Crippen molar-refractivity contribution in [1.29, 1.82) is 0 Å². The van der Waals surface area contributed by atoms with Gasteiger partial charge in [0.1, 0.15) is 11.5 Å². The van der Waals surface area contributed by atoms with Gasteiger partial charge in [0.15, 0.2) is 11.6 Å². The maximum atomic E-state index is 14.3. The van der Waals surface area contributed by atoms with E-state index >= 15 is 0 Å². The van der Waals surface area contributed by atoms with Gasteiger partial charge < -0.3 is 34.6 Å². The van der Waals surface area contributed by atoms with Gasteiger partial charge in [-0.3, -0.25) is 4.79 Å². The number of nitrogens with one attached hydrogen (secondary N) is 1. The molecule has 0 atom stereocenters. The van der Waals surface area contributed by atoms with Gasteiger partial charge in [0, 0.05) is 53.6 Å². The lowest BCUT2D eigenvalue weighted by molar-refractivity contribution is -0.303. The number of anilines is 2. The Hall–Kier alpha value is -4.32. The Morgan fingerprint density at radius 1 is 1.12 bits per heavy atom. The summed E-state index contributed by atoms with van der Waals surface area (Å²) in [6, 6.07) is 12.9. The molecule has 1 aliphatic heterocycles. The van der Waals surface area contributed by atoms with Crippen LogP contribution in [0.4, 0.5) is 28.9 Å². The quantitative estimate of drug-likeness (QED) is 0.163. The number of rotatable bonds is 11. The minimum absolute atomic E-state index is 0.0437. The molecule has 0 fully saturated rings. The molecule has 0 bridgehead atoms. The minimum Gasteiger partial charge on any atom is -0.859 e. The third-order valence-electron chi connectivity index (χ3n) is 6.04. The zero-order valence-corrected chi connectivity index (χ0v) is 22.3. The van der Waals surface area contributed by atoms with Crippen LogP contribution in [0.25, 0.3) is 5.70 Å². The van der Waals surface area contributed by atoms with Crippen molar-refractivity contribution in [2.45, 2.75) is 25.6 Å². The molecule has 0 aliphatic carbocycles. The number of ether oxygens (including phenoxy) is 3. The number of carboxylic acids is 1. The number of aliphatic carboxylic acids is 1. The van der Waals surface area contributed by atoms with Crippen LogP contribution >= 0.6 is 11.6 Å². The van der Waals surface area contributed by atoms with Crippen LogP contribution in [0.5, 0.6) is 17.2 Å². The van der Waals surface area contributed by atoms with Gasteiger partial charge in [-0.2, -0.15) is 0 Å². The van der Waals surface area contributed by atoms with E-state index in [-0.39, 0.29) is 43.8 Å². The Morgan fingerprint density at radius 2 is 1.83 bits per heavy atom. The van der Waals surface area contributed by atoms with Gasteiger partial charge in [-0.15, -0.1) is 13.2 Å². The first-order valence-electron chi connectivity index (χ1n) is 12.3. The van der Waals surface area contributed by atoms with E-state index < -0.39 is 29.8 Å². The second kappa shape index (κ2) is 12.5. The predicted octanol–water partition coefficient (Wildman–Crippen LogP) is 5.79. The third kappa shape index (κ3) is 7.66. The highest BCUT2D eigenvalue weighted by atomic mass is 35.5. The summed E-state index contributed by atoms with van der Waals surface area (Å²) in [5.74, 6) is -3.08. The van der Waals surface area contributed by atoms with E-state index in [0.717, 1.165) is 12.1 Å². The van der Waals surface area contributed by atoms with E-state index in [1.54, 1.807) is 42.5 Å². The van der Waals surface area contributed by atoms with Gasteiger partial charge in [0.2, 0.25) is 0 Å². The number of fused-ring (bicyclic) bond motifs is 1. The first-order chi connectivity index (χ1) is 19.4. The number of carboxylic acid groups (broad SMARTS) is 1. The maximum absolute atomic E-state index is 14.3. The smallest absolute Gasteiger partial charge is 0.573 e. The fourth-order valence-corrected chi connectivity index (χ4v) is 4.33. The molecule has 0 saturated carbocycles. The molecule has 218 valence electrons. The summed E-state index contributed by atoms with van der Waals surface area (Å²) in [6.45, 7) is 0.201. The van der Waals surface area contributed by atoms with Crippen LogP contribution in [0, 0.1) is 5.82 Å². The number of hydrogen-bond donors (Lipinski definition) is 2. The largest absolute Gasteiger partial charge is 0.859 e. The minimum atomic E-state index is -5.12. The van der Waals surface area contributed by atoms with Gasteiger partial charge in [-0.25, -0.2) is 4.39 Å². The lowest BCUT2D eigenvalue weighted by Gasteiger charge is -2.31. The number of nitrogens with zero attached hydrogens (tertiary/aromatic N) is 1. The molecule has 2 N–H and O–H groups in total. The summed E-state index contributed by atoms with van der Waals surface area (Å²) < 4.78 is 67.6. The van der Waals surface area contributed by atoms with Crippen LogP contribution in [0.1, 0.15) is 24.0 Å². The molecule has 0 radical (unpaired) electrons. The van der Waals surface area contributed by atoms with Crippen molar-refractivity contribution in [3.8, 4) is 17.2 Å². The molecule has 13 heteroatoms. The molecule has 8 nitrogen and oxygen atoms in total. The lowest BCUT2D eigenvalue weighted by Crippen LogP contribution is -2.31. The number of hydrogen-bond acceptors (Lipinski definition) is 7. The van der Waals surface area contributed by atoms with E-state index in [2.05, 4.69) is 10.1 Å². The lowest BCUT2D eigenvalue weighted by atomic mass is 10.1. The first kappa shape index (κ1) is 29.7. The van der Waals surface area contributed by atoms with Crippen LogP contribution in [-0.2, 0) is 11.2 Å². The summed E-state index contributed by atoms with van der Waals surface area (Å²) in [4.78, 5) is 12.0. The van der Waals surface area contributed by atoms with Crippen molar-refractivity contribution in [2.75, 3.05) is 30.5 Å². The Morgan fingerprint density at radius 3 is 2.49 bits per heavy atom. The van der Waals surface area contributed by atoms with Crippen LogP contribution < -0.4 is 29.5 Å². The molecular weight excluding hydrogens is 572 g/mol. The molecule has 0 saturated heterocycles. The summed E-state index contributed by atoms with van der Waals surface area (Å²) in [5, 5.41) is 26.2. The topological polar surface area (TPSA) is 103 Å². The normalized spacial score (nSPS) is 13.4. The number of halogens is 5. The molecule has 1 aliphatic rings. The van der Waals surface area contributed by atoms with Crippen molar-refractivity contribution >= 4 is 34.6 Å². The maximum Gasteiger partial charge on any atom is 0.573 e. The molecule has 3 aromatic carbocycles. The van der Waals surface area contributed by atoms with E-state index in [9.17, 15) is 27.5 Å². The highest BCUT2D eigenvalue weighted by Gasteiger charge is 2.34. The molecule has 4 rings (SSSR count). The highest BCUT2D eigenvalue weighted by Crippen LogP contribution is 2.39. The first-order valence-corrected chi connectivity index (χ1v) is 12.6. The SMILES string of the molecule is COc1cc(N/C(=C(/[O-])N2CCc3cc(F)c(OC(F)(F)F)cc32)c2ccc(Cl)cc2)cc(OCCCC(=O)O)c1. The molecule has 41 heavy (non-hydrogen) atoms. The molecular formula is C28H24ClF4N2O6-. The van der Waals surface area contributed by atoms with Crippen LogP contribution in [-0.4, -0.2) is 37.7 Å². The van der Waals surface area contributed by atoms with Gasteiger partial charge in [-0.05, 0) is 48.1 Å². The van der Waals surface area contributed by atoms with E-state index in [1.165, 1.54) is 12.0 Å². The molecule has 3 aromatic rings. The van der Waals surface area contributed by atoms with Crippen molar-refractivity contribution in [1.82, 2.24) is 0 Å². The van der Waals surface area contributed by atoms with E-state index in [0.29, 0.717) is 33.3 Å². The molecule has 0 aromatic heterocycles. The second-order valence-corrected chi connectivity index (χ2v) is 9.35. The zero-order valence-electron chi connectivity index (χ0n) is 21.6. The third-order valence-corrected chi connectivity index (χ3v) is 6.29. The average Bonchev–Trinajstić information content (AvgIpc) is 3.31. The van der Waals surface area contributed by atoms with Crippen molar-refractivity contribution in [3.05, 3.63) is 82.4 Å². The molecule has 0 amide bonds. The second-order valence-electron chi connectivity index (χ2n) is 8.92. The van der Waals surface area contributed by atoms with Crippen molar-refractivity contribution < 1.29 is 46.8 Å². The van der Waals surface area contributed by atoms with Crippen LogP contribution in [0.3, 0.4) is 0 Å². The number of benzene rings is 3. The zero-order chi connectivity index (χ0) is 29.7. The Balaban J connectivity index is 1.72. The fraction of sp³-hybridized carbons (Fsp3) is 0.250. The molecule has 1 heterocycles. The Bertz CT molecular complexity index is 1450. The summed E-state index contributed by atoms with van der Waals surface area (Å²) >= 11 is 6.04. The number of alkyl halides is 3. The summed E-state index contributed by atoms with van der Waals surface area (Å²) in [7, 11) is 1.43. The number of carbonyl (C=O) groups is 1. The monoisotopic (exact) mass is 595 g/mol. The summed E-state index contributed by atoms with van der Waals surface area (Å²) in [5.41, 5.74) is 1.25. The molecule has 0 unspecified atom stereocenters. The van der Waals surface area contributed by atoms with E-state index in [1.807, 2.05) is 0 Å². The molecule has 0 spiro atoms. The van der Waals surface area contributed by atoms with Crippen LogP contribution in [0.2, 0.25) is 5.02 Å². The average molecular weight is 596 g/mol. The van der Waals surface area contributed by atoms with Gasteiger partial charge in [-0.1, -0.05) is 23.7 Å². The highest BCUT2D eigenvalue weighted by molar-refractivity contribution is 6.30. The Kier molecular flexibility index (Phi) is 9.01. The van der Waals surface area contributed by atoms with Gasteiger partial charge in [0.25, 0.3) is 0 Å². The predicted molar refractivity (Wildman–Crippen MR) is 141 cm³/mol. The number of methoxy groups -OCH3 is 1. The standard InChI is InChI=1S/C28H25ClF4N2O6/c1-39-20-12-19(13-21(14-20)40-10-2-3-25(36)37)34-26(16-4-6-18(29)7-5-16)27(38)35-9-8-17-11-22(30)24(15-23(17)35)41-28(31,32)33/h4-7,11-15,34,38H,2-3,8-10H2,1H3,(H,36,37)/p-1/b27-26+. The van der Waals surface area contributed by atoms with E-state index in [4.69, 9.17) is 26.2 Å². The van der Waals surface area contributed by atoms with Crippen molar-refractivity contribution in [3.63, 3.8) is 0 Å². The van der Waals surface area contributed by atoms with Gasteiger partial charge in [0.05, 0.1) is 19.4 Å². The van der Waals surface area contributed by atoms with Gasteiger partial charge >= 0.3 is 12.3 Å². The van der Waals surface area contributed by atoms with Crippen molar-refractivity contribution in [2.24, 2.45) is 0 Å². The summed E-state index contributed by atoms with van der Waals surface area (Å²) in [6.07, 6.45) is -4.71. The fourth-order valence-electron chi connectivity index (χ4n) is 4.21. The van der Waals surface area contributed by atoms with Crippen LogP contribution in [0.15, 0.2) is 60.5 Å².